The number of carbonyl (C=O) groups excluding carboxylic acids is 1. The first-order valence-electron chi connectivity index (χ1n) is 4.81. The maximum atomic E-state index is 11.6. The third-order valence-corrected chi connectivity index (χ3v) is 1.80. The normalized spacial score (nSPS) is 11.1. The van der Waals surface area contributed by atoms with Gasteiger partial charge in [0.25, 0.3) is 0 Å². The van der Waals surface area contributed by atoms with Crippen molar-refractivity contribution in [3.8, 4) is 0 Å². The summed E-state index contributed by atoms with van der Waals surface area (Å²) in [6, 6.07) is 9.23. The largest absolute Gasteiger partial charge is 0.383 e. The molecule has 2 nitrogen and oxygen atoms in total. The highest BCUT2D eigenvalue weighted by atomic mass is 16.1. The molecule has 78 valence electrons. The lowest BCUT2D eigenvalue weighted by atomic mass is 10.1. The van der Waals surface area contributed by atoms with Crippen LogP contribution in [0.4, 0.5) is 0 Å². The number of hydrogen-bond acceptors (Lipinski definition) is 2. The molecule has 0 aliphatic heterocycles. The van der Waals surface area contributed by atoms with Crippen LogP contribution >= 0.6 is 0 Å². The van der Waals surface area contributed by atoms with Crippen molar-refractivity contribution in [1.82, 2.24) is 4.90 Å². The molecule has 0 aliphatic rings. The molecule has 15 heavy (non-hydrogen) atoms. The fourth-order valence-corrected chi connectivity index (χ4v) is 1.06. The molecular formula is C13H15NO. The first-order chi connectivity index (χ1) is 7.20. The number of ketones is 1. The molecule has 2 heteroatoms. The smallest absolute Gasteiger partial charge is 0.185 e. The Balaban J connectivity index is 2.57. The summed E-state index contributed by atoms with van der Waals surface area (Å²) in [5.41, 5.74) is 0.715. The molecule has 0 heterocycles. The first kappa shape index (κ1) is 11.2. The standard InChI is InChI=1S/C13H15NO/c1-14(2)11-7-6-10-13(15)12-8-4-3-5-9-12/h3-11H,1-2H3/b10-6-,11-7+. The number of carbonyl (C=O) groups is 1. The molecule has 0 saturated heterocycles. The molecular weight excluding hydrogens is 186 g/mol. The molecule has 0 spiro atoms. The molecule has 1 aromatic rings. The van der Waals surface area contributed by atoms with E-state index in [1.165, 1.54) is 0 Å². The summed E-state index contributed by atoms with van der Waals surface area (Å²) in [6.07, 6.45) is 7.03. The molecule has 0 bridgehead atoms. The molecule has 0 unspecified atom stereocenters. The Kier molecular flexibility index (Phi) is 4.35. The second kappa shape index (κ2) is 5.81. The monoisotopic (exact) mass is 201 g/mol. The molecule has 0 fully saturated rings. The van der Waals surface area contributed by atoms with Crippen LogP contribution in [0.3, 0.4) is 0 Å². The number of allylic oxidation sites excluding steroid dienone is 3. The minimum Gasteiger partial charge on any atom is -0.383 e. The Morgan fingerprint density at radius 1 is 1.13 bits per heavy atom. The lowest BCUT2D eigenvalue weighted by Gasteiger charge is -2.00. The number of benzene rings is 1. The van der Waals surface area contributed by atoms with Gasteiger partial charge < -0.3 is 4.90 Å². The second-order valence-electron chi connectivity index (χ2n) is 3.39. The summed E-state index contributed by atoms with van der Waals surface area (Å²) in [6.45, 7) is 0. The molecule has 1 aromatic carbocycles. The number of rotatable bonds is 4. The van der Waals surface area contributed by atoms with Crippen LogP contribution in [0.5, 0.6) is 0 Å². The summed E-state index contributed by atoms with van der Waals surface area (Å²) in [5, 5.41) is 0. The van der Waals surface area contributed by atoms with Gasteiger partial charge in [-0.3, -0.25) is 4.79 Å². The first-order valence-corrected chi connectivity index (χ1v) is 4.81. The minimum atomic E-state index is 0.0269. The van der Waals surface area contributed by atoms with Gasteiger partial charge in [0.15, 0.2) is 5.78 Å². The fourth-order valence-electron chi connectivity index (χ4n) is 1.06. The van der Waals surface area contributed by atoms with Gasteiger partial charge in [-0.25, -0.2) is 0 Å². The van der Waals surface area contributed by atoms with Gasteiger partial charge in [0.1, 0.15) is 0 Å². The summed E-state index contributed by atoms with van der Waals surface area (Å²) in [4.78, 5) is 13.5. The Labute approximate surface area is 90.5 Å². The SMILES string of the molecule is CN(C)/C=C/C=C\C(=O)c1ccccc1. The van der Waals surface area contributed by atoms with E-state index >= 15 is 0 Å². The van der Waals surface area contributed by atoms with E-state index in [0.29, 0.717) is 5.56 Å². The van der Waals surface area contributed by atoms with Crippen LogP contribution in [-0.4, -0.2) is 24.8 Å². The zero-order valence-corrected chi connectivity index (χ0v) is 9.05. The highest BCUT2D eigenvalue weighted by molar-refractivity contribution is 6.04. The lowest BCUT2D eigenvalue weighted by molar-refractivity contribution is 0.104. The van der Waals surface area contributed by atoms with Gasteiger partial charge in [0.2, 0.25) is 0 Å². The van der Waals surface area contributed by atoms with Crippen molar-refractivity contribution in [3.05, 3.63) is 60.3 Å². The molecule has 1 rings (SSSR count). The van der Waals surface area contributed by atoms with E-state index in [0.717, 1.165) is 0 Å². The third-order valence-electron chi connectivity index (χ3n) is 1.80. The van der Waals surface area contributed by atoms with Crippen molar-refractivity contribution in [2.75, 3.05) is 14.1 Å². The number of nitrogens with zero attached hydrogens (tertiary/aromatic N) is 1. The molecule has 0 atom stereocenters. The van der Waals surface area contributed by atoms with Crippen LogP contribution in [0.1, 0.15) is 10.4 Å². The van der Waals surface area contributed by atoms with Crippen LogP contribution in [0.2, 0.25) is 0 Å². The third kappa shape index (κ3) is 4.27. The summed E-state index contributed by atoms with van der Waals surface area (Å²) in [7, 11) is 3.87. The van der Waals surface area contributed by atoms with Crippen molar-refractivity contribution in [2.24, 2.45) is 0 Å². The minimum absolute atomic E-state index is 0.0269. The van der Waals surface area contributed by atoms with Crippen LogP contribution in [0.25, 0.3) is 0 Å². The topological polar surface area (TPSA) is 20.3 Å². The fraction of sp³-hybridized carbons (Fsp3) is 0.154. The van der Waals surface area contributed by atoms with E-state index in [2.05, 4.69) is 0 Å². The molecule has 0 saturated carbocycles. The van der Waals surface area contributed by atoms with Crippen LogP contribution in [0.15, 0.2) is 54.8 Å². The average Bonchev–Trinajstić information content (AvgIpc) is 2.25. The maximum absolute atomic E-state index is 11.6. The second-order valence-corrected chi connectivity index (χ2v) is 3.39. The molecule has 0 amide bonds. The highest BCUT2D eigenvalue weighted by Gasteiger charge is 1.97. The van der Waals surface area contributed by atoms with Crippen LogP contribution in [0, 0.1) is 0 Å². The van der Waals surface area contributed by atoms with Gasteiger partial charge in [-0.05, 0) is 18.4 Å². The zero-order chi connectivity index (χ0) is 11.1. The van der Waals surface area contributed by atoms with Crippen molar-refractivity contribution in [1.29, 1.82) is 0 Å². The lowest BCUT2D eigenvalue weighted by Crippen LogP contribution is -1.99. The van der Waals surface area contributed by atoms with Gasteiger partial charge in [-0.15, -0.1) is 0 Å². The highest BCUT2D eigenvalue weighted by Crippen LogP contribution is 2.00. The average molecular weight is 201 g/mol. The van der Waals surface area contributed by atoms with E-state index in [1.807, 2.05) is 61.6 Å². The van der Waals surface area contributed by atoms with Crippen molar-refractivity contribution in [3.63, 3.8) is 0 Å². The Bertz CT molecular complexity index is 363. The van der Waals surface area contributed by atoms with Crippen LogP contribution < -0.4 is 0 Å². The quantitative estimate of drug-likeness (QED) is 0.424. The Morgan fingerprint density at radius 3 is 2.40 bits per heavy atom. The van der Waals surface area contributed by atoms with Gasteiger partial charge in [0.05, 0.1) is 0 Å². The van der Waals surface area contributed by atoms with Gasteiger partial charge in [0, 0.05) is 19.7 Å². The van der Waals surface area contributed by atoms with Gasteiger partial charge >= 0.3 is 0 Å². The van der Waals surface area contributed by atoms with Crippen molar-refractivity contribution < 1.29 is 4.79 Å². The Hall–Kier alpha value is -1.83. The molecule has 0 aliphatic carbocycles. The van der Waals surface area contributed by atoms with Crippen molar-refractivity contribution in [2.45, 2.75) is 0 Å². The number of hydrogen-bond donors (Lipinski definition) is 0. The van der Waals surface area contributed by atoms with E-state index in [1.54, 1.807) is 12.2 Å². The molecule has 0 radical (unpaired) electrons. The maximum Gasteiger partial charge on any atom is 0.185 e. The predicted octanol–water partition coefficient (Wildman–Crippen LogP) is 2.50. The molecule has 0 N–H and O–H groups in total. The molecule has 0 aromatic heterocycles. The summed E-state index contributed by atoms with van der Waals surface area (Å²) in [5.74, 6) is 0.0269. The Morgan fingerprint density at radius 2 is 1.80 bits per heavy atom. The van der Waals surface area contributed by atoms with E-state index in [-0.39, 0.29) is 5.78 Å². The van der Waals surface area contributed by atoms with Crippen molar-refractivity contribution >= 4 is 5.78 Å². The van der Waals surface area contributed by atoms with Gasteiger partial charge in [-0.1, -0.05) is 36.4 Å². The predicted molar refractivity (Wildman–Crippen MR) is 62.7 cm³/mol. The van der Waals surface area contributed by atoms with E-state index in [9.17, 15) is 4.79 Å². The van der Waals surface area contributed by atoms with E-state index < -0.39 is 0 Å². The van der Waals surface area contributed by atoms with Crippen LogP contribution in [-0.2, 0) is 0 Å². The van der Waals surface area contributed by atoms with Gasteiger partial charge in [-0.2, -0.15) is 0 Å². The summed E-state index contributed by atoms with van der Waals surface area (Å²) >= 11 is 0. The zero-order valence-electron chi connectivity index (χ0n) is 9.05. The summed E-state index contributed by atoms with van der Waals surface area (Å²) < 4.78 is 0. The van der Waals surface area contributed by atoms with E-state index in [4.69, 9.17) is 0 Å².